The lowest BCUT2D eigenvalue weighted by Gasteiger charge is -2.44. The van der Waals surface area contributed by atoms with Gasteiger partial charge in [0.1, 0.15) is 0 Å². The van der Waals surface area contributed by atoms with Crippen LogP contribution in [0.15, 0.2) is 47.6 Å². The summed E-state index contributed by atoms with van der Waals surface area (Å²) >= 11 is 0. The van der Waals surface area contributed by atoms with Crippen LogP contribution in [0.5, 0.6) is 0 Å². The SMILES string of the molecule is C=C1/C(=C\C=C2/CCC[C@]3(C)[C@@H]([C@H](C)COC/C=C/C)CC[C@@H]23)C[C@@H](O)C[C@@H]1O. The largest absolute Gasteiger partial charge is 0.393 e. The van der Waals surface area contributed by atoms with Gasteiger partial charge in [-0.3, -0.25) is 0 Å². The predicted molar refractivity (Wildman–Crippen MR) is 120 cm³/mol. The molecule has 0 radical (unpaired) electrons. The van der Waals surface area contributed by atoms with Crippen molar-refractivity contribution in [3.8, 4) is 0 Å². The molecule has 3 heteroatoms. The van der Waals surface area contributed by atoms with Gasteiger partial charge >= 0.3 is 0 Å². The molecule has 3 aliphatic rings. The molecule has 0 bridgehead atoms. The summed E-state index contributed by atoms with van der Waals surface area (Å²) in [5.41, 5.74) is 3.70. The molecule has 0 aromatic heterocycles. The van der Waals surface area contributed by atoms with Gasteiger partial charge in [-0.15, -0.1) is 0 Å². The minimum absolute atomic E-state index is 0.356. The van der Waals surface area contributed by atoms with Crippen molar-refractivity contribution in [3.63, 3.8) is 0 Å². The van der Waals surface area contributed by atoms with Crippen LogP contribution in [0.3, 0.4) is 0 Å². The van der Waals surface area contributed by atoms with Crippen LogP contribution in [0, 0.1) is 23.2 Å². The summed E-state index contributed by atoms with van der Waals surface area (Å²) in [6, 6.07) is 0. The molecular weight excluding hydrogens is 360 g/mol. The Morgan fingerprint density at radius 1 is 1.28 bits per heavy atom. The van der Waals surface area contributed by atoms with Crippen LogP contribution in [-0.4, -0.2) is 35.6 Å². The first-order valence-corrected chi connectivity index (χ1v) is 11.5. The van der Waals surface area contributed by atoms with Crippen LogP contribution in [0.2, 0.25) is 0 Å². The third-order valence-corrected chi connectivity index (χ3v) is 7.82. The molecule has 0 aliphatic heterocycles. The highest BCUT2D eigenvalue weighted by Gasteiger charge is 2.50. The average Bonchev–Trinajstić information content (AvgIpc) is 3.04. The summed E-state index contributed by atoms with van der Waals surface area (Å²) in [6.07, 6.45) is 14.8. The molecule has 0 spiro atoms. The summed E-state index contributed by atoms with van der Waals surface area (Å²) in [6.45, 7) is 12.5. The first kappa shape index (κ1) is 22.5. The molecule has 2 N–H and O–H groups in total. The molecule has 3 rings (SSSR count). The smallest absolute Gasteiger partial charge is 0.0811 e. The Hall–Kier alpha value is -1.16. The van der Waals surface area contributed by atoms with Gasteiger partial charge in [-0.25, -0.2) is 0 Å². The molecule has 162 valence electrons. The van der Waals surface area contributed by atoms with Crippen molar-refractivity contribution in [2.75, 3.05) is 13.2 Å². The molecule has 0 heterocycles. The summed E-state index contributed by atoms with van der Waals surface area (Å²) in [4.78, 5) is 0. The van der Waals surface area contributed by atoms with Crippen molar-refractivity contribution in [2.24, 2.45) is 23.2 Å². The molecular formula is C26H40O3. The van der Waals surface area contributed by atoms with Gasteiger partial charge < -0.3 is 14.9 Å². The van der Waals surface area contributed by atoms with E-state index in [-0.39, 0.29) is 0 Å². The Kier molecular flexibility index (Phi) is 7.58. The van der Waals surface area contributed by atoms with E-state index < -0.39 is 12.2 Å². The fourth-order valence-corrected chi connectivity index (χ4v) is 6.21. The summed E-state index contributed by atoms with van der Waals surface area (Å²) in [7, 11) is 0. The minimum Gasteiger partial charge on any atom is -0.393 e. The standard InChI is InChI=1S/C26H40O3/c1-5-6-14-29-17-18(2)23-11-12-24-20(8-7-13-26(23,24)4)9-10-21-15-22(27)16-25(28)19(21)3/h5-6,9-10,18,22-25,27-28H,3,7-8,11-17H2,1-2,4H3/b6-5+,20-9+,21-10-/t18-,22-,23-,24+,25+,26-/m1/s1. The van der Waals surface area contributed by atoms with Crippen molar-refractivity contribution in [3.05, 3.63) is 47.6 Å². The van der Waals surface area contributed by atoms with E-state index in [1.165, 1.54) is 32.1 Å². The van der Waals surface area contributed by atoms with Crippen LogP contribution in [0.1, 0.15) is 65.7 Å². The molecule has 3 fully saturated rings. The summed E-state index contributed by atoms with van der Waals surface area (Å²) in [5, 5.41) is 20.1. The van der Waals surface area contributed by atoms with E-state index >= 15 is 0 Å². The number of hydrogen-bond donors (Lipinski definition) is 2. The van der Waals surface area contributed by atoms with Gasteiger partial charge in [0.05, 0.1) is 18.8 Å². The molecule has 0 saturated heterocycles. The lowest BCUT2D eigenvalue weighted by Crippen LogP contribution is -2.37. The molecule has 0 unspecified atom stereocenters. The lowest BCUT2D eigenvalue weighted by molar-refractivity contribution is 0.0430. The zero-order valence-corrected chi connectivity index (χ0v) is 18.6. The van der Waals surface area contributed by atoms with E-state index in [0.29, 0.717) is 42.6 Å². The molecule has 3 aliphatic carbocycles. The van der Waals surface area contributed by atoms with E-state index in [9.17, 15) is 10.2 Å². The molecule has 0 aromatic carbocycles. The quantitative estimate of drug-likeness (QED) is 0.466. The number of aliphatic hydroxyl groups is 2. The maximum Gasteiger partial charge on any atom is 0.0811 e. The van der Waals surface area contributed by atoms with Gasteiger partial charge in [-0.2, -0.15) is 0 Å². The van der Waals surface area contributed by atoms with Gasteiger partial charge in [0, 0.05) is 13.0 Å². The van der Waals surface area contributed by atoms with Gasteiger partial charge in [0.2, 0.25) is 0 Å². The zero-order valence-electron chi connectivity index (χ0n) is 18.6. The second kappa shape index (κ2) is 9.76. The van der Waals surface area contributed by atoms with Crippen LogP contribution in [0.25, 0.3) is 0 Å². The average molecular weight is 401 g/mol. The number of aliphatic hydroxyl groups excluding tert-OH is 2. The Labute approximate surface area is 177 Å². The Bertz CT molecular complexity index is 673. The van der Waals surface area contributed by atoms with Crippen molar-refractivity contribution in [2.45, 2.75) is 77.9 Å². The maximum absolute atomic E-state index is 10.1. The Balaban J connectivity index is 1.71. The van der Waals surface area contributed by atoms with Crippen molar-refractivity contribution in [1.82, 2.24) is 0 Å². The molecule has 3 nitrogen and oxygen atoms in total. The predicted octanol–water partition coefficient (Wildman–Crippen LogP) is 5.36. The Morgan fingerprint density at radius 3 is 2.83 bits per heavy atom. The van der Waals surface area contributed by atoms with Crippen molar-refractivity contribution in [1.29, 1.82) is 0 Å². The highest BCUT2D eigenvalue weighted by Crippen LogP contribution is 2.59. The second-order valence-corrected chi connectivity index (χ2v) is 9.75. The van der Waals surface area contributed by atoms with Crippen LogP contribution in [0.4, 0.5) is 0 Å². The van der Waals surface area contributed by atoms with Crippen molar-refractivity contribution >= 4 is 0 Å². The minimum atomic E-state index is -0.612. The fraction of sp³-hybridized carbons (Fsp3) is 0.692. The second-order valence-electron chi connectivity index (χ2n) is 9.75. The van der Waals surface area contributed by atoms with E-state index in [1.54, 1.807) is 5.57 Å². The molecule has 3 saturated carbocycles. The Morgan fingerprint density at radius 2 is 2.07 bits per heavy atom. The van der Waals surface area contributed by atoms with E-state index in [0.717, 1.165) is 17.8 Å². The van der Waals surface area contributed by atoms with Crippen LogP contribution < -0.4 is 0 Å². The molecule has 6 atom stereocenters. The lowest BCUT2D eigenvalue weighted by atomic mass is 9.61. The first-order valence-electron chi connectivity index (χ1n) is 11.5. The van der Waals surface area contributed by atoms with Gasteiger partial charge in [-0.1, -0.05) is 50.3 Å². The van der Waals surface area contributed by atoms with Gasteiger partial charge in [-0.05, 0) is 79.8 Å². The highest BCUT2D eigenvalue weighted by atomic mass is 16.5. The number of fused-ring (bicyclic) bond motifs is 1. The highest BCUT2D eigenvalue weighted by molar-refractivity contribution is 5.38. The maximum atomic E-state index is 10.1. The van der Waals surface area contributed by atoms with E-state index in [4.69, 9.17) is 4.74 Å². The number of hydrogen-bond acceptors (Lipinski definition) is 3. The van der Waals surface area contributed by atoms with Crippen LogP contribution in [-0.2, 0) is 4.74 Å². The normalized spacial score (nSPS) is 39.4. The number of rotatable bonds is 6. The summed E-state index contributed by atoms with van der Waals surface area (Å²) < 4.78 is 5.89. The molecule has 0 amide bonds. The fourth-order valence-electron chi connectivity index (χ4n) is 6.21. The number of allylic oxidation sites excluding steroid dienone is 4. The molecule has 29 heavy (non-hydrogen) atoms. The first-order chi connectivity index (χ1) is 13.9. The topological polar surface area (TPSA) is 49.7 Å². The van der Waals surface area contributed by atoms with E-state index in [1.807, 2.05) is 13.0 Å². The van der Waals surface area contributed by atoms with Crippen molar-refractivity contribution < 1.29 is 14.9 Å². The third-order valence-electron chi connectivity index (χ3n) is 7.82. The van der Waals surface area contributed by atoms with Gasteiger partial charge in [0.15, 0.2) is 0 Å². The van der Waals surface area contributed by atoms with Crippen LogP contribution >= 0.6 is 0 Å². The summed E-state index contributed by atoms with van der Waals surface area (Å²) in [5.74, 6) is 1.93. The third kappa shape index (κ3) is 4.95. The van der Waals surface area contributed by atoms with Gasteiger partial charge in [0.25, 0.3) is 0 Å². The van der Waals surface area contributed by atoms with E-state index in [2.05, 4.69) is 38.7 Å². The molecule has 0 aromatic rings. The zero-order chi connectivity index (χ0) is 21.0. The number of ether oxygens (including phenoxy) is 1. The monoisotopic (exact) mass is 400 g/mol.